The molecule has 1 radical (unpaired) electrons. The zero-order chi connectivity index (χ0) is 10.6. The fourth-order valence-electron chi connectivity index (χ4n) is 1.58. The lowest BCUT2D eigenvalue weighted by atomic mass is 9.91. The van der Waals surface area contributed by atoms with Gasteiger partial charge in [0.05, 0.1) is 0 Å². The monoisotopic (exact) mass is 183 g/mol. The highest BCUT2D eigenvalue weighted by molar-refractivity contribution is 5.51. The summed E-state index contributed by atoms with van der Waals surface area (Å²) in [5.74, 6) is 3.90. The van der Waals surface area contributed by atoms with Gasteiger partial charge in [0.25, 0.3) is 0 Å². The Kier molecular flexibility index (Phi) is 3.54. The standard InChI is InChI=1S/C14H15/c1-5-11(4)14-10-8-9-12(6-2)13(14)7-3/h2,5,8-10H,1,7H2,3-4H3. The maximum atomic E-state index is 5.45. The van der Waals surface area contributed by atoms with Gasteiger partial charge in [-0.2, -0.15) is 0 Å². The molecule has 0 unspecified atom stereocenters. The minimum Gasteiger partial charge on any atom is -0.115 e. The van der Waals surface area contributed by atoms with Crippen molar-refractivity contribution in [2.75, 3.05) is 0 Å². The zero-order valence-corrected chi connectivity index (χ0v) is 8.80. The molecule has 0 aliphatic carbocycles. The summed E-state index contributed by atoms with van der Waals surface area (Å²) in [4.78, 5) is 0. The van der Waals surface area contributed by atoms with Crippen LogP contribution < -0.4 is 0 Å². The van der Waals surface area contributed by atoms with E-state index in [0.717, 1.165) is 12.0 Å². The molecule has 0 aliphatic heterocycles. The summed E-state index contributed by atoms with van der Waals surface area (Å²) in [6.07, 6.45) is 8.28. The van der Waals surface area contributed by atoms with Crippen molar-refractivity contribution in [1.29, 1.82) is 0 Å². The van der Waals surface area contributed by atoms with E-state index in [4.69, 9.17) is 6.42 Å². The summed E-state index contributed by atoms with van der Waals surface area (Å²) in [6.45, 7) is 7.96. The van der Waals surface area contributed by atoms with Crippen molar-refractivity contribution in [3.8, 4) is 12.3 Å². The van der Waals surface area contributed by atoms with E-state index in [0.29, 0.717) is 0 Å². The van der Waals surface area contributed by atoms with Gasteiger partial charge >= 0.3 is 0 Å². The van der Waals surface area contributed by atoms with Crippen molar-refractivity contribution < 1.29 is 0 Å². The molecule has 1 aromatic carbocycles. The van der Waals surface area contributed by atoms with Crippen LogP contribution in [-0.4, -0.2) is 0 Å². The molecule has 0 N–H and O–H groups in total. The fourth-order valence-corrected chi connectivity index (χ4v) is 1.58. The summed E-state index contributed by atoms with van der Waals surface area (Å²) in [6, 6.07) is 6.08. The number of hydrogen-bond acceptors (Lipinski definition) is 0. The number of allylic oxidation sites excluding steroid dienone is 1. The lowest BCUT2D eigenvalue weighted by molar-refractivity contribution is 1.08. The van der Waals surface area contributed by atoms with Crippen LogP contribution in [-0.2, 0) is 6.42 Å². The van der Waals surface area contributed by atoms with Gasteiger partial charge in [0.1, 0.15) is 0 Å². The topological polar surface area (TPSA) is 0 Å². The van der Waals surface area contributed by atoms with Crippen molar-refractivity contribution in [3.63, 3.8) is 0 Å². The van der Waals surface area contributed by atoms with Crippen LogP contribution in [0, 0.1) is 18.3 Å². The van der Waals surface area contributed by atoms with Gasteiger partial charge in [-0.15, -0.1) is 13.0 Å². The van der Waals surface area contributed by atoms with Gasteiger partial charge in [-0.3, -0.25) is 0 Å². The predicted molar refractivity (Wildman–Crippen MR) is 62.0 cm³/mol. The fraction of sp³-hybridized carbons (Fsp3) is 0.214. The number of rotatable bonds is 3. The molecule has 1 aromatic rings. The van der Waals surface area contributed by atoms with Crippen molar-refractivity contribution in [2.45, 2.75) is 20.3 Å². The molecule has 0 aliphatic rings. The van der Waals surface area contributed by atoms with Gasteiger partial charge in [0.2, 0.25) is 0 Å². The van der Waals surface area contributed by atoms with Gasteiger partial charge in [0.15, 0.2) is 0 Å². The van der Waals surface area contributed by atoms with E-state index in [-0.39, 0.29) is 0 Å². The van der Waals surface area contributed by atoms with E-state index in [1.807, 2.05) is 18.2 Å². The minimum absolute atomic E-state index is 0.959. The SMILES string of the molecule is C#Cc1cccc([C](C)C=C)c1CC. The van der Waals surface area contributed by atoms with Gasteiger partial charge in [0, 0.05) is 11.5 Å². The molecule has 0 aromatic heterocycles. The Hall–Kier alpha value is -1.48. The van der Waals surface area contributed by atoms with Crippen LogP contribution in [0.15, 0.2) is 30.9 Å². The average molecular weight is 183 g/mol. The highest BCUT2D eigenvalue weighted by atomic mass is 14.1. The van der Waals surface area contributed by atoms with E-state index in [2.05, 4.69) is 32.4 Å². The zero-order valence-electron chi connectivity index (χ0n) is 8.80. The first-order valence-corrected chi connectivity index (χ1v) is 4.79. The van der Waals surface area contributed by atoms with Crippen molar-refractivity contribution in [3.05, 3.63) is 53.5 Å². The van der Waals surface area contributed by atoms with Crippen molar-refractivity contribution in [2.24, 2.45) is 0 Å². The first kappa shape index (κ1) is 10.6. The molecule has 0 amide bonds. The molecule has 1 rings (SSSR count). The summed E-state index contributed by atoms with van der Waals surface area (Å²) in [7, 11) is 0. The quantitative estimate of drug-likeness (QED) is 0.630. The maximum absolute atomic E-state index is 5.45. The van der Waals surface area contributed by atoms with Gasteiger partial charge < -0.3 is 0 Å². The predicted octanol–water partition coefficient (Wildman–Crippen LogP) is 3.36. The number of hydrogen-bond donors (Lipinski definition) is 0. The van der Waals surface area contributed by atoms with Crippen LogP contribution in [0.1, 0.15) is 30.5 Å². The summed E-state index contributed by atoms with van der Waals surface area (Å²) >= 11 is 0. The Morgan fingerprint density at radius 3 is 2.79 bits per heavy atom. The second-order valence-corrected chi connectivity index (χ2v) is 3.22. The summed E-state index contributed by atoms with van der Waals surface area (Å²) in [5, 5.41) is 0. The molecule has 0 saturated heterocycles. The third-order valence-electron chi connectivity index (χ3n) is 2.42. The van der Waals surface area contributed by atoms with Gasteiger partial charge in [-0.05, 0) is 23.6 Å². The third kappa shape index (κ3) is 1.88. The molecular formula is C14H15. The molecule has 0 heteroatoms. The normalized spacial score (nSPS) is 9.86. The molecule has 0 nitrogen and oxygen atoms in total. The Bertz CT molecular complexity index is 366. The highest BCUT2D eigenvalue weighted by Crippen LogP contribution is 2.23. The number of benzene rings is 1. The third-order valence-corrected chi connectivity index (χ3v) is 2.42. The summed E-state index contributed by atoms with van der Waals surface area (Å²) in [5.41, 5.74) is 3.46. The van der Waals surface area contributed by atoms with E-state index in [1.54, 1.807) is 0 Å². The van der Waals surface area contributed by atoms with Crippen LogP contribution in [0.25, 0.3) is 0 Å². The highest BCUT2D eigenvalue weighted by Gasteiger charge is 2.09. The molecule has 0 spiro atoms. The average Bonchev–Trinajstić information content (AvgIpc) is 2.26. The Morgan fingerprint density at radius 1 is 1.57 bits per heavy atom. The molecule has 0 heterocycles. The van der Waals surface area contributed by atoms with Crippen molar-refractivity contribution >= 4 is 0 Å². The lowest BCUT2D eigenvalue weighted by Crippen LogP contribution is -1.99. The lowest BCUT2D eigenvalue weighted by Gasteiger charge is -2.13. The second kappa shape index (κ2) is 4.67. The number of terminal acetylenes is 1. The van der Waals surface area contributed by atoms with E-state index in [9.17, 15) is 0 Å². The van der Waals surface area contributed by atoms with Crippen LogP contribution in [0.2, 0.25) is 0 Å². The van der Waals surface area contributed by atoms with Crippen LogP contribution in [0.5, 0.6) is 0 Å². The maximum Gasteiger partial charge on any atom is 0.0277 e. The summed E-state index contributed by atoms with van der Waals surface area (Å²) < 4.78 is 0. The molecule has 0 bridgehead atoms. The van der Waals surface area contributed by atoms with Crippen LogP contribution >= 0.6 is 0 Å². The van der Waals surface area contributed by atoms with E-state index in [1.165, 1.54) is 17.0 Å². The largest absolute Gasteiger partial charge is 0.115 e. The Labute approximate surface area is 86.7 Å². The van der Waals surface area contributed by atoms with Crippen LogP contribution in [0.4, 0.5) is 0 Å². The first-order chi connectivity index (χ1) is 6.74. The Balaban J connectivity index is 3.30. The van der Waals surface area contributed by atoms with E-state index < -0.39 is 0 Å². The smallest absolute Gasteiger partial charge is 0.0277 e. The van der Waals surface area contributed by atoms with Gasteiger partial charge in [-0.1, -0.05) is 38.0 Å². The van der Waals surface area contributed by atoms with Gasteiger partial charge in [-0.25, -0.2) is 0 Å². The molecule has 14 heavy (non-hydrogen) atoms. The minimum atomic E-state index is 0.959. The second-order valence-electron chi connectivity index (χ2n) is 3.22. The first-order valence-electron chi connectivity index (χ1n) is 4.79. The van der Waals surface area contributed by atoms with E-state index >= 15 is 0 Å². The molecule has 0 atom stereocenters. The molecule has 0 fully saturated rings. The molecule has 71 valence electrons. The van der Waals surface area contributed by atoms with Crippen molar-refractivity contribution in [1.82, 2.24) is 0 Å². The van der Waals surface area contributed by atoms with Crippen LogP contribution in [0.3, 0.4) is 0 Å². The molecular weight excluding hydrogens is 168 g/mol. The molecule has 0 saturated carbocycles. The Morgan fingerprint density at radius 2 is 2.29 bits per heavy atom.